The number of carbonyl (C=O) groups is 1. The minimum absolute atomic E-state index is 0.180. The quantitative estimate of drug-likeness (QED) is 0.568. The number of amides is 1. The first-order chi connectivity index (χ1) is 10.3. The zero-order valence-electron chi connectivity index (χ0n) is 11.0. The normalized spacial score (nSPS) is 10.9. The van der Waals surface area contributed by atoms with Crippen LogP contribution in [0.15, 0.2) is 65.1 Å². The summed E-state index contributed by atoms with van der Waals surface area (Å²) in [6.45, 7) is 0. The van der Waals surface area contributed by atoms with Gasteiger partial charge in [0.25, 0.3) is 5.91 Å². The second kappa shape index (κ2) is 6.47. The maximum absolute atomic E-state index is 11.7. The lowest BCUT2D eigenvalue weighted by Crippen LogP contribution is -2.15. The van der Waals surface area contributed by atoms with Crippen LogP contribution < -0.4 is 5.43 Å². The average Bonchev–Trinajstić information content (AvgIpc) is 3.20. The molecule has 0 spiro atoms. The predicted molar refractivity (Wildman–Crippen MR) is 89.1 cm³/mol. The van der Waals surface area contributed by atoms with Crippen molar-refractivity contribution in [3.8, 4) is 10.4 Å². The van der Waals surface area contributed by atoms with Gasteiger partial charge in [0, 0.05) is 9.75 Å². The molecule has 3 aromatic rings. The Balaban J connectivity index is 1.65. The highest BCUT2D eigenvalue weighted by Crippen LogP contribution is 2.26. The van der Waals surface area contributed by atoms with Crippen molar-refractivity contribution in [3.63, 3.8) is 0 Å². The molecule has 0 radical (unpaired) electrons. The summed E-state index contributed by atoms with van der Waals surface area (Å²) in [4.78, 5) is 14.5. The molecule has 0 atom stereocenters. The van der Waals surface area contributed by atoms with Gasteiger partial charge in [-0.15, -0.1) is 22.7 Å². The van der Waals surface area contributed by atoms with Gasteiger partial charge in [-0.1, -0.05) is 36.4 Å². The summed E-state index contributed by atoms with van der Waals surface area (Å²) < 4.78 is 0. The van der Waals surface area contributed by atoms with E-state index in [0.717, 1.165) is 4.88 Å². The van der Waals surface area contributed by atoms with Crippen molar-refractivity contribution in [1.82, 2.24) is 5.43 Å². The number of hydrogen-bond donors (Lipinski definition) is 1. The van der Waals surface area contributed by atoms with E-state index in [1.54, 1.807) is 23.6 Å². The molecule has 104 valence electrons. The third kappa shape index (κ3) is 3.45. The van der Waals surface area contributed by atoms with E-state index in [-0.39, 0.29) is 5.91 Å². The van der Waals surface area contributed by atoms with Gasteiger partial charge >= 0.3 is 0 Å². The number of nitrogens with zero attached hydrogens (tertiary/aromatic N) is 1. The van der Waals surface area contributed by atoms with Gasteiger partial charge in [0.2, 0.25) is 0 Å². The highest BCUT2D eigenvalue weighted by atomic mass is 32.1. The third-order valence-electron chi connectivity index (χ3n) is 2.79. The fourth-order valence-electron chi connectivity index (χ4n) is 1.80. The van der Waals surface area contributed by atoms with Gasteiger partial charge in [-0.3, -0.25) is 4.79 Å². The van der Waals surface area contributed by atoms with Gasteiger partial charge in [0.15, 0.2) is 0 Å². The first kappa shape index (κ1) is 13.7. The lowest BCUT2D eigenvalue weighted by molar-refractivity contribution is 0.0959. The molecule has 0 bridgehead atoms. The van der Waals surface area contributed by atoms with Gasteiger partial charge in [-0.05, 0) is 29.1 Å². The fourth-order valence-corrected chi connectivity index (χ4v) is 3.30. The summed E-state index contributed by atoms with van der Waals surface area (Å²) in [5, 5.41) is 5.86. The Hall–Kier alpha value is -2.24. The molecule has 0 aliphatic carbocycles. The van der Waals surface area contributed by atoms with Crippen LogP contribution >= 0.6 is 22.7 Å². The van der Waals surface area contributed by atoms with Crippen LogP contribution in [0.4, 0.5) is 0 Å². The van der Waals surface area contributed by atoms with Crippen molar-refractivity contribution < 1.29 is 4.79 Å². The van der Waals surface area contributed by atoms with E-state index >= 15 is 0 Å². The number of benzene rings is 1. The predicted octanol–water partition coefficient (Wildman–Crippen LogP) is 4.24. The van der Waals surface area contributed by atoms with Crippen molar-refractivity contribution >= 4 is 34.8 Å². The lowest BCUT2D eigenvalue weighted by Gasteiger charge is -1.95. The molecule has 1 N–H and O–H groups in total. The highest BCUT2D eigenvalue weighted by molar-refractivity contribution is 7.17. The first-order valence-corrected chi connectivity index (χ1v) is 8.05. The first-order valence-electron chi connectivity index (χ1n) is 6.35. The zero-order valence-corrected chi connectivity index (χ0v) is 12.7. The summed E-state index contributed by atoms with van der Waals surface area (Å²) in [6, 6.07) is 17.9. The molecule has 3 nitrogen and oxygen atoms in total. The van der Waals surface area contributed by atoms with Gasteiger partial charge in [-0.2, -0.15) is 5.10 Å². The molecule has 2 heterocycles. The Kier molecular flexibility index (Phi) is 4.23. The largest absolute Gasteiger partial charge is 0.281 e. The van der Waals surface area contributed by atoms with Crippen LogP contribution in [-0.4, -0.2) is 12.1 Å². The van der Waals surface area contributed by atoms with Crippen molar-refractivity contribution in [3.05, 3.63) is 69.7 Å². The number of hydrazone groups is 1. The van der Waals surface area contributed by atoms with E-state index in [1.165, 1.54) is 21.8 Å². The van der Waals surface area contributed by atoms with E-state index in [4.69, 9.17) is 0 Å². The minimum atomic E-state index is -0.180. The number of thiophene rings is 2. The maximum Gasteiger partial charge on any atom is 0.281 e. The molecule has 0 saturated carbocycles. The van der Waals surface area contributed by atoms with E-state index in [1.807, 2.05) is 35.7 Å². The number of carbonyl (C=O) groups excluding carboxylic acids is 1. The van der Waals surface area contributed by atoms with E-state index in [0.29, 0.717) is 4.88 Å². The molecule has 0 saturated heterocycles. The molecule has 1 amide bonds. The SMILES string of the molecule is O=C(N/N=C\c1ccc(-c2ccccc2)s1)c1cccs1. The molecule has 2 aromatic heterocycles. The molecule has 5 heteroatoms. The third-order valence-corrected chi connectivity index (χ3v) is 4.73. The van der Waals surface area contributed by atoms with Gasteiger partial charge in [0.05, 0.1) is 11.1 Å². The van der Waals surface area contributed by atoms with Gasteiger partial charge < -0.3 is 0 Å². The highest BCUT2D eigenvalue weighted by Gasteiger charge is 2.04. The van der Waals surface area contributed by atoms with Crippen molar-refractivity contribution in [2.45, 2.75) is 0 Å². The average molecular weight is 312 g/mol. The molecule has 1 aromatic carbocycles. The van der Waals surface area contributed by atoms with E-state index < -0.39 is 0 Å². The monoisotopic (exact) mass is 312 g/mol. The maximum atomic E-state index is 11.7. The minimum Gasteiger partial charge on any atom is -0.266 e. The second-order valence-corrected chi connectivity index (χ2v) is 6.31. The summed E-state index contributed by atoms with van der Waals surface area (Å²) in [5.74, 6) is -0.180. The molecule has 0 aliphatic rings. The molecule has 0 aliphatic heterocycles. The van der Waals surface area contributed by atoms with Crippen LogP contribution in [0.2, 0.25) is 0 Å². The van der Waals surface area contributed by atoms with E-state index in [9.17, 15) is 4.79 Å². The summed E-state index contributed by atoms with van der Waals surface area (Å²) in [7, 11) is 0. The smallest absolute Gasteiger partial charge is 0.266 e. The van der Waals surface area contributed by atoms with Crippen LogP contribution in [-0.2, 0) is 0 Å². The summed E-state index contributed by atoms with van der Waals surface area (Å²) in [5.41, 5.74) is 3.72. The Morgan fingerprint density at radius 3 is 2.67 bits per heavy atom. The molecular formula is C16H12N2OS2. The molecule has 21 heavy (non-hydrogen) atoms. The number of hydrogen-bond acceptors (Lipinski definition) is 4. The molecule has 0 fully saturated rings. The number of nitrogens with one attached hydrogen (secondary N) is 1. The summed E-state index contributed by atoms with van der Waals surface area (Å²) in [6.07, 6.45) is 1.67. The Morgan fingerprint density at radius 1 is 1.05 bits per heavy atom. The molecule has 0 unspecified atom stereocenters. The van der Waals surface area contributed by atoms with Crippen LogP contribution in [0, 0.1) is 0 Å². The molecule has 3 rings (SSSR count). The van der Waals surface area contributed by atoms with Gasteiger partial charge in [-0.25, -0.2) is 5.43 Å². The van der Waals surface area contributed by atoms with Crippen molar-refractivity contribution in [2.75, 3.05) is 0 Å². The Morgan fingerprint density at radius 2 is 1.90 bits per heavy atom. The van der Waals surface area contributed by atoms with E-state index in [2.05, 4.69) is 28.7 Å². The standard InChI is InChI=1S/C16H12N2OS2/c19-16(15-7-4-10-20-15)18-17-11-13-8-9-14(21-13)12-5-2-1-3-6-12/h1-11H,(H,18,19)/b17-11-. The number of rotatable bonds is 4. The summed E-state index contributed by atoms with van der Waals surface area (Å²) >= 11 is 3.03. The zero-order chi connectivity index (χ0) is 14.5. The van der Waals surface area contributed by atoms with Crippen molar-refractivity contribution in [2.24, 2.45) is 5.10 Å². The van der Waals surface area contributed by atoms with Gasteiger partial charge in [0.1, 0.15) is 0 Å². The fraction of sp³-hybridized carbons (Fsp3) is 0. The van der Waals surface area contributed by atoms with Crippen LogP contribution in [0.3, 0.4) is 0 Å². The Labute approximate surface area is 130 Å². The van der Waals surface area contributed by atoms with Crippen LogP contribution in [0.1, 0.15) is 14.5 Å². The Bertz CT molecular complexity index is 746. The lowest BCUT2D eigenvalue weighted by atomic mass is 10.2. The second-order valence-electron chi connectivity index (χ2n) is 4.24. The van der Waals surface area contributed by atoms with Crippen LogP contribution in [0.25, 0.3) is 10.4 Å². The topological polar surface area (TPSA) is 41.5 Å². The van der Waals surface area contributed by atoms with Crippen molar-refractivity contribution in [1.29, 1.82) is 0 Å². The van der Waals surface area contributed by atoms with Crippen LogP contribution in [0.5, 0.6) is 0 Å². The molecular weight excluding hydrogens is 300 g/mol.